The van der Waals surface area contributed by atoms with Crippen LogP contribution in [0.5, 0.6) is 0 Å². The number of nitrogens with zero attached hydrogens (tertiary/aromatic N) is 3. The van der Waals surface area contributed by atoms with Crippen LogP contribution in [0, 0.1) is 0 Å². The molecule has 5 heteroatoms. The molecule has 152 valence electrons. The molecule has 29 heavy (non-hydrogen) atoms. The predicted molar refractivity (Wildman–Crippen MR) is 116 cm³/mol. The van der Waals surface area contributed by atoms with E-state index in [9.17, 15) is 4.79 Å². The molecule has 1 saturated heterocycles. The number of rotatable bonds is 5. The number of likely N-dealkylation sites (tertiary alicyclic amines) is 1. The highest BCUT2D eigenvalue weighted by molar-refractivity contribution is 5.94. The van der Waals surface area contributed by atoms with E-state index in [2.05, 4.69) is 42.8 Å². The number of benzene rings is 2. The van der Waals surface area contributed by atoms with Crippen LogP contribution in [0.4, 0.5) is 5.69 Å². The van der Waals surface area contributed by atoms with Gasteiger partial charge in [-0.05, 0) is 70.0 Å². The summed E-state index contributed by atoms with van der Waals surface area (Å²) < 4.78 is 5.93. The zero-order valence-electron chi connectivity index (χ0n) is 17.5. The van der Waals surface area contributed by atoms with Crippen molar-refractivity contribution in [2.45, 2.75) is 45.6 Å². The summed E-state index contributed by atoms with van der Waals surface area (Å²) in [5.41, 5.74) is 3.66. The summed E-state index contributed by atoms with van der Waals surface area (Å²) in [6.45, 7) is 8.94. The van der Waals surface area contributed by atoms with Crippen LogP contribution in [-0.4, -0.2) is 41.5 Å². The molecule has 1 fully saturated rings. The van der Waals surface area contributed by atoms with Gasteiger partial charge in [-0.15, -0.1) is 0 Å². The van der Waals surface area contributed by atoms with E-state index in [4.69, 9.17) is 4.42 Å². The number of fused-ring (bicyclic) bond motifs is 1. The second-order valence-corrected chi connectivity index (χ2v) is 8.01. The van der Waals surface area contributed by atoms with Gasteiger partial charge < -0.3 is 14.2 Å². The van der Waals surface area contributed by atoms with Gasteiger partial charge in [-0.25, -0.2) is 4.98 Å². The molecule has 0 atom stereocenters. The fourth-order valence-corrected chi connectivity index (χ4v) is 4.22. The van der Waals surface area contributed by atoms with Crippen molar-refractivity contribution >= 4 is 22.7 Å². The molecule has 2 aromatic carbocycles. The summed E-state index contributed by atoms with van der Waals surface area (Å²) in [5, 5.41) is 0. The summed E-state index contributed by atoms with van der Waals surface area (Å²) in [6.07, 6.45) is 1.77. The molecule has 0 N–H and O–H groups in total. The van der Waals surface area contributed by atoms with Gasteiger partial charge in [0, 0.05) is 42.8 Å². The number of oxazole rings is 1. The molecule has 4 rings (SSSR count). The van der Waals surface area contributed by atoms with Gasteiger partial charge in [-0.2, -0.15) is 0 Å². The van der Waals surface area contributed by atoms with E-state index in [0.717, 1.165) is 60.7 Å². The van der Waals surface area contributed by atoms with Gasteiger partial charge in [0.1, 0.15) is 5.52 Å². The molecule has 0 bridgehead atoms. The number of amides is 1. The number of carbonyl (C=O) groups is 1. The van der Waals surface area contributed by atoms with Gasteiger partial charge in [0.05, 0.1) is 0 Å². The summed E-state index contributed by atoms with van der Waals surface area (Å²) in [4.78, 5) is 21.9. The first-order valence-electron chi connectivity index (χ1n) is 10.6. The molecule has 1 amide bonds. The molecule has 2 heterocycles. The average molecular weight is 392 g/mol. The maximum absolute atomic E-state index is 12.9. The second-order valence-electron chi connectivity index (χ2n) is 8.01. The Morgan fingerprint density at radius 2 is 1.83 bits per heavy atom. The van der Waals surface area contributed by atoms with Crippen LogP contribution in [-0.2, 0) is 0 Å². The zero-order valence-corrected chi connectivity index (χ0v) is 17.5. The Morgan fingerprint density at radius 1 is 1.14 bits per heavy atom. The normalized spacial score (nSPS) is 15.2. The average Bonchev–Trinajstić information content (AvgIpc) is 3.18. The van der Waals surface area contributed by atoms with Crippen LogP contribution in [0.15, 0.2) is 52.9 Å². The third-order valence-electron chi connectivity index (χ3n) is 5.85. The summed E-state index contributed by atoms with van der Waals surface area (Å²) in [6, 6.07) is 16.3. The first-order chi connectivity index (χ1) is 14.1. The van der Waals surface area contributed by atoms with E-state index in [1.54, 1.807) is 0 Å². The van der Waals surface area contributed by atoms with Crippen LogP contribution < -0.4 is 4.90 Å². The smallest absolute Gasteiger partial charge is 0.253 e. The monoisotopic (exact) mass is 391 g/mol. The van der Waals surface area contributed by atoms with Crippen molar-refractivity contribution in [3.05, 3.63) is 60.0 Å². The Kier molecular flexibility index (Phi) is 5.56. The topological polar surface area (TPSA) is 49.6 Å². The Labute approximate surface area is 172 Å². The van der Waals surface area contributed by atoms with Gasteiger partial charge in [-0.1, -0.05) is 12.1 Å². The van der Waals surface area contributed by atoms with E-state index in [0.29, 0.717) is 6.04 Å². The quantitative estimate of drug-likeness (QED) is 0.608. The van der Waals surface area contributed by atoms with E-state index in [1.807, 2.05) is 41.3 Å². The Morgan fingerprint density at radius 3 is 2.45 bits per heavy atom. The first-order valence-corrected chi connectivity index (χ1v) is 10.6. The third-order valence-corrected chi connectivity index (χ3v) is 5.85. The number of carbonyl (C=O) groups excluding carboxylic acids is 1. The van der Waals surface area contributed by atoms with Crippen LogP contribution in [0.3, 0.4) is 0 Å². The maximum atomic E-state index is 12.9. The lowest BCUT2D eigenvalue weighted by Crippen LogP contribution is -2.38. The van der Waals surface area contributed by atoms with E-state index in [1.165, 1.54) is 0 Å². The van der Waals surface area contributed by atoms with Gasteiger partial charge in [0.25, 0.3) is 5.91 Å². The van der Waals surface area contributed by atoms with Crippen molar-refractivity contribution in [3.8, 4) is 0 Å². The lowest BCUT2D eigenvalue weighted by molar-refractivity contribution is 0.0707. The third kappa shape index (κ3) is 4.00. The highest BCUT2D eigenvalue weighted by atomic mass is 16.3. The number of aromatic nitrogens is 1. The summed E-state index contributed by atoms with van der Waals surface area (Å²) >= 11 is 0. The van der Waals surface area contributed by atoms with Gasteiger partial charge in [0.2, 0.25) is 0 Å². The molecular weight excluding hydrogens is 362 g/mol. The van der Waals surface area contributed by atoms with E-state index < -0.39 is 0 Å². The lowest BCUT2D eigenvalue weighted by Gasteiger charge is -2.31. The number of anilines is 1. The standard InChI is InChI=1S/C24H29N3O2/c1-4-27(17(2)3)20-11-9-19(10-12-20)24(28)26-15-13-18(14-16-26)23-25-21-7-5-6-8-22(21)29-23/h5-12,17-18H,4,13-16H2,1-3H3. The fourth-order valence-electron chi connectivity index (χ4n) is 4.22. The highest BCUT2D eigenvalue weighted by Crippen LogP contribution is 2.30. The molecule has 0 radical (unpaired) electrons. The molecule has 0 spiro atoms. The minimum Gasteiger partial charge on any atom is -0.440 e. The molecule has 1 aliphatic heterocycles. The fraction of sp³-hybridized carbons (Fsp3) is 0.417. The molecular formula is C24H29N3O2. The first kappa shape index (κ1) is 19.5. The van der Waals surface area contributed by atoms with E-state index in [-0.39, 0.29) is 11.8 Å². The largest absolute Gasteiger partial charge is 0.440 e. The van der Waals surface area contributed by atoms with Crippen molar-refractivity contribution in [2.24, 2.45) is 0 Å². The Balaban J connectivity index is 1.39. The molecule has 0 unspecified atom stereocenters. The van der Waals surface area contributed by atoms with Crippen molar-refractivity contribution in [3.63, 3.8) is 0 Å². The Bertz CT molecular complexity index is 936. The van der Waals surface area contributed by atoms with Gasteiger partial charge >= 0.3 is 0 Å². The molecule has 1 aliphatic rings. The maximum Gasteiger partial charge on any atom is 0.253 e. The van der Waals surface area contributed by atoms with Crippen molar-refractivity contribution in [1.29, 1.82) is 0 Å². The van der Waals surface area contributed by atoms with Crippen molar-refractivity contribution in [2.75, 3.05) is 24.5 Å². The number of para-hydroxylation sites is 2. The summed E-state index contributed by atoms with van der Waals surface area (Å²) in [5.74, 6) is 1.19. The highest BCUT2D eigenvalue weighted by Gasteiger charge is 2.27. The SMILES string of the molecule is CCN(c1ccc(C(=O)N2CCC(c3nc4ccccc4o3)CC2)cc1)C(C)C. The summed E-state index contributed by atoms with van der Waals surface area (Å²) in [7, 11) is 0. The number of piperidine rings is 1. The van der Waals surface area contributed by atoms with Crippen LogP contribution in [0.2, 0.25) is 0 Å². The molecule has 0 saturated carbocycles. The minimum absolute atomic E-state index is 0.111. The lowest BCUT2D eigenvalue weighted by atomic mass is 9.96. The second kappa shape index (κ2) is 8.27. The molecule has 1 aromatic heterocycles. The number of hydrogen-bond acceptors (Lipinski definition) is 4. The van der Waals surface area contributed by atoms with Gasteiger partial charge in [0.15, 0.2) is 11.5 Å². The van der Waals surface area contributed by atoms with Crippen LogP contribution >= 0.6 is 0 Å². The Hall–Kier alpha value is -2.82. The van der Waals surface area contributed by atoms with Crippen LogP contribution in [0.25, 0.3) is 11.1 Å². The van der Waals surface area contributed by atoms with Crippen LogP contribution in [0.1, 0.15) is 55.8 Å². The molecule has 5 nitrogen and oxygen atoms in total. The van der Waals surface area contributed by atoms with Gasteiger partial charge in [-0.3, -0.25) is 4.79 Å². The number of hydrogen-bond donors (Lipinski definition) is 0. The van der Waals surface area contributed by atoms with Crippen molar-refractivity contribution < 1.29 is 9.21 Å². The van der Waals surface area contributed by atoms with E-state index >= 15 is 0 Å². The zero-order chi connectivity index (χ0) is 20.4. The van der Waals surface area contributed by atoms with Crippen molar-refractivity contribution in [1.82, 2.24) is 9.88 Å². The molecule has 3 aromatic rings. The predicted octanol–water partition coefficient (Wildman–Crippen LogP) is 5.08. The minimum atomic E-state index is 0.111. The molecule has 0 aliphatic carbocycles.